The molecule has 2 heteroatoms. The Hall–Kier alpha value is -1.49. The van der Waals surface area contributed by atoms with Gasteiger partial charge < -0.3 is 4.90 Å². The summed E-state index contributed by atoms with van der Waals surface area (Å²) in [6.45, 7) is 6.30. The highest BCUT2D eigenvalue weighted by molar-refractivity contribution is 5.58. The molecule has 0 amide bonds. The highest BCUT2D eigenvalue weighted by Gasteiger charge is 2.13. The minimum atomic E-state index is 0.259. The molecule has 0 bridgehead atoms. The molecule has 1 atom stereocenters. The van der Waals surface area contributed by atoms with Gasteiger partial charge in [-0.1, -0.05) is 18.2 Å². The Morgan fingerprint density at radius 1 is 1.33 bits per heavy atom. The zero-order valence-corrected chi connectivity index (χ0v) is 9.91. The van der Waals surface area contributed by atoms with Gasteiger partial charge in [0, 0.05) is 18.8 Å². The summed E-state index contributed by atoms with van der Waals surface area (Å²) in [6, 6.07) is 8.76. The first-order valence-electron chi connectivity index (χ1n) is 5.24. The largest absolute Gasteiger partial charge is 0.370 e. The van der Waals surface area contributed by atoms with Crippen LogP contribution in [-0.2, 0) is 0 Å². The van der Waals surface area contributed by atoms with Crippen molar-refractivity contribution >= 4 is 5.69 Å². The van der Waals surface area contributed by atoms with Crippen molar-refractivity contribution in [3.63, 3.8) is 0 Å². The lowest BCUT2D eigenvalue weighted by Crippen LogP contribution is -2.29. The molecule has 0 radical (unpaired) electrons. The number of hydrogen-bond donors (Lipinski definition) is 0. The lowest BCUT2D eigenvalue weighted by Gasteiger charge is -2.28. The third-order valence-electron chi connectivity index (χ3n) is 2.84. The predicted molar refractivity (Wildman–Crippen MR) is 64.0 cm³/mol. The first-order valence-corrected chi connectivity index (χ1v) is 5.24. The Balaban J connectivity index is 3.01. The molecule has 1 aromatic rings. The van der Waals surface area contributed by atoms with Crippen molar-refractivity contribution in [1.29, 1.82) is 5.26 Å². The van der Waals surface area contributed by atoms with E-state index in [1.54, 1.807) is 0 Å². The molecule has 1 rings (SSSR count). The Morgan fingerprint density at radius 2 is 1.87 bits per heavy atom. The Kier molecular flexibility index (Phi) is 3.74. The lowest BCUT2D eigenvalue weighted by molar-refractivity contribution is 0.699. The Labute approximate surface area is 92.1 Å². The second-order valence-electron chi connectivity index (χ2n) is 4.06. The maximum Gasteiger partial charge on any atom is 0.0643 e. The Morgan fingerprint density at radius 3 is 2.33 bits per heavy atom. The van der Waals surface area contributed by atoms with Crippen molar-refractivity contribution in [2.75, 3.05) is 11.9 Å². The van der Waals surface area contributed by atoms with Crippen LogP contribution in [0.4, 0.5) is 5.69 Å². The summed E-state index contributed by atoms with van der Waals surface area (Å²) in [6.07, 6.45) is 0.560. The van der Waals surface area contributed by atoms with Crippen LogP contribution in [-0.4, -0.2) is 13.1 Å². The molecule has 0 spiro atoms. The summed E-state index contributed by atoms with van der Waals surface area (Å²) in [5.74, 6) is 0. The van der Waals surface area contributed by atoms with Crippen molar-refractivity contribution in [2.24, 2.45) is 0 Å². The van der Waals surface area contributed by atoms with Crippen molar-refractivity contribution in [3.05, 3.63) is 29.3 Å². The van der Waals surface area contributed by atoms with Crippen LogP contribution in [0.2, 0.25) is 0 Å². The third-order valence-corrected chi connectivity index (χ3v) is 2.84. The van der Waals surface area contributed by atoms with Gasteiger partial charge in [0.1, 0.15) is 0 Å². The maximum atomic E-state index is 8.69. The number of rotatable bonds is 3. The summed E-state index contributed by atoms with van der Waals surface area (Å²) in [4.78, 5) is 2.19. The summed E-state index contributed by atoms with van der Waals surface area (Å²) >= 11 is 0. The fourth-order valence-electron chi connectivity index (χ4n) is 1.85. The van der Waals surface area contributed by atoms with E-state index in [4.69, 9.17) is 5.26 Å². The van der Waals surface area contributed by atoms with Gasteiger partial charge in [-0.15, -0.1) is 0 Å². The van der Waals surface area contributed by atoms with Crippen molar-refractivity contribution in [1.82, 2.24) is 0 Å². The van der Waals surface area contributed by atoms with E-state index in [1.165, 1.54) is 16.8 Å². The Bertz CT molecular complexity index is 356. The van der Waals surface area contributed by atoms with Crippen molar-refractivity contribution < 1.29 is 0 Å². The molecule has 1 unspecified atom stereocenters. The zero-order valence-electron chi connectivity index (χ0n) is 9.91. The van der Waals surface area contributed by atoms with E-state index in [-0.39, 0.29) is 6.04 Å². The third kappa shape index (κ3) is 2.50. The number of nitriles is 1. The fourth-order valence-corrected chi connectivity index (χ4v) is 1.85. The maximum absolute atomic E-state index is 8.69. The molecular formula is C13H18N2. The SMILES string of the molecule is Cc1cccc(C)c1N(C)C(C)CC#N. The fraction of sp³-hybridized carbons (Fsp3) is 0.462. The van der Waals surface area contributed by atoms with E-state index in [9.17, 15) is 0 Å². The topological polar surface area (TPSA) is 27.0 Å². The van der Waals surface area contributed by atoms with Gasteiger partial charge in [0.2, 0.25) is 0 Å². The highest BCUT2D eigenvalue weighted by Crippen LogP contribution is 2.25. The normalized spacial score (nSPS) is 11.9. The van der Waals surface area contributed by atoms with Gasteiger partial charge in [0.25, 0.3) is 0 Å². The first kappa shape index (κ1) is 11.6. The minimum absolute atomic E-state index is 0.259. The average molecular weight is 202 g/mol. The van der Waals surface area contributed by atoms with Crippen LogP contribution in [0.3, 0.4) is 0 Å². The monoisotopic (exact) mass is 202 g/mol. The van der Waals surface area contributed by atoms with Crippen LogP contribution in [0, 0.1) is 25.2 Å². The van der Waals surface area contributed by atoms with Crippen LogP contribution in [0.1, 0.15) is 24.5 Å². The minimum Gasteiger partial charge on any atom is -0.370 e. The summed E-state index contributed by atoms with van der Waals surface area (Å²) in [5.41, 5.74) is 3.78. The first-order chi connectivity index (χ1) is 7.07. The molecule has 0 saturated heterocycles. The number of hydrogen-bond acceptors (Lipinski definition) is 2. The number of nitrogens with zero attached hydrogens (tertiary/aromatic N) is 2. The van der Waals surface area contributed by atoms with Crippen molar-refractivity contribution in [3.8, 4) is 6.07 Å². The molecule has 0 aliphatic carbocycles. The van der Waals surface area contributed by atoms with Crippen LogP contribution in [0.25, 0.3) is 0 Å². The van der Waals surface area contributed by atoms with Crippen LogP contribution in [0.15, 0.2) is 18.2 Å². The van der Waals surface area contributed by atoms with Gasteiger partial charge in [-0.25, -0.2) is 0 Å². The number of benzene rings is 1. The zero-order chi connectivity index (χ0) is 11.4. The van der Waals surface area contributed by atoms with E-state index in [0.29, 0.717) is 6.42 Å². The van der Waals surface area contributed by atoms with Gasteiger partial charge in [0.05, 0.1) is 12.5 Å². The van der Waals surface area contributed by atoms with Gasteiger partial charge in [0.15, 0.2) is 0 Å². The number of aryl methyl sites for hydroxylation is 2. The molecule has 0 heterocycles. The molecular weight excluding hydrogens is 184 g/mol. The number of anilines is 1. The second-order valence-corrected chi connectivity index (χ2v) is 4.06. The van der Waals surface area contributed by atoms with E-state index in [0.717, 1.165) is 0 Å². The van der Waals surface area contributed by atoms with E-state index < -0.39 is 0 Å². The smallest absolute Gasteiger partial charge is 0.0643 e. The van der Waals surface area contributed by atoms with Gasteiger partial charge in [-0.05, 0) is 31.9 Å². The van der Waals surface area contributed by atoms with Crippen LogP contribution >= 0.6 is 0 Å². The molecule has 0 aliphatic rings. The quantitative estimate of drug-likeness (QED) is 0.753. The molecule has 0 N–H and O–H groups in total. The summed E-state index contributed by atoms with van der Waals surface area (Å²) in [7, 11) is 2.05. The molecule has 1 aromatic carbocycles. The van der Waals surface area contributed by atoms with Crippen LogP contribution < -0.4 is 4.90 Å². The lowest BCUT2D eigenvalue weighted by atomic mass is 10.1. The molecule has 15 heavy (non-hydrogen) atoms. The van der Waals surface area contributed by atoms with E-state index >= 15 is 0 Å². The molecule has 0 aromatic heterocycles. The molecule has 0 aliphatic heterocycles. The second kappa shape index (κ2) is 4.84. The van der Waals surface area contributed by atoms with Gasteiger partial charge in [-0.2, -0.15) is 5.26 Å². The molecule has 0 fully saturated rings. The molecule has 2 nitrogen and oxygen atoms in total. The van der Waals surface area contributed by atoms with Crippen LogP contribution in [0.5, 0.6) is 0 Å². The van der Waals surface area contributed by atoms with Crippen molar-refractivity contribution in [2.45, 2.75) is 33.2 Å². The molecule has 0 saturated carbocycles. The summed E-state index contributed by atoms with van der Waals surface area (Å²) < 4.78 is 0. The molecule has 80 valence electrons. The predicted octanol–water partition coefficient (Wildman–Crippen LogP) is 3.04. The number of para-hydroxylation sites is 1. The summed E-state index contributed by atoms with van der Waals surface area (Å²) in [5, 5.41) is 8.69. The van der Waals surface area contributed by atoms with E-state index in [1.807, 2.05) is 0 Å². The average Bonchev–Trinajstić information content (AvgIpc) is 2.17. The van der Waals surface area contributed by atoms with Gasteiger partial charge >= 0.3 is 0 Å². The standard InChI is InChI=1S/C13H18N2/c1-10-6-5-7-11(2)13(10)15(4)12(3)8-9-14/h5-7,12H,8H2,1-4H3. The van der Waals surface area contributed by atoms with Gasteiger partial charge in [-0.3, -0.25) is 0 Å². The van der Waals surface area contributed by atoms with E-state index in [2.05, 4.69) is 57.0 Å². The highest BCUT2D eigenvalue weighted by atomic mass is 15.1.